The van der Waals surface area contributed by atoms with Crippen LogP contribution in [-0.2, 0) is 6.42 Å². The number of aryl methyl sites for hydroxylation is 1. The Hall–Kier alpha value is -6.02. The average molecular weight is 693 g/mol. The van der Waals surface area contributed by atoms with Gasteiger partial charge in [0.1, 0.15) is 21.5 Å². The molecule has 0 saturated carbocycles. The third-order valence-corrected chi connectivity index (χ3v) is 11.5. The van der Waals surface area contributed by atoms with E-state index in [1.807, 2.05) is 12.1 Å². The second kappa shape index (κ2) is 12.4. The summed E-state index contributed by atoms with van der Waals surface area (Å²) < 4.78 is 8.55. The van der Waals surface area contributed by atoms with Crippen molar-refractivity contribution < 1.29 is 4.42 Å². The molecule has 0 saturated heterocycles. The first-order chi connectivity index (χ1) is 25.2. The molecule has 0 aliphatic heterocycles. The highest BCUT2D eigenvalue weighted by molar-refractivity contribution is 7.22. The molecule has 9 aromatic rings. The van der Waals surface area contributed by atoms with Crippen LogP contribution in [0.5, 0.6) is 0 Å². The third-order valence-electron chi connectivity index (χ3n) is 9.29. The van der Waals surface area contributed by atoms with Crippen LogP contribution in [0.25, 0.3) is 92.9 Å². The molecule has 0 N–H and O–H groups in total. The van der Waals surface area contributed by atoms with E-state index in [4.69, 9.17) is 24.4 Å². The molecule has 0 atom stereocenters. The van der Waals surface area contributed by atoms with Gasteiger partial charge in [-0.05, 0) is 60.9 Å². The average Bonchev–Trinajstić information content (AvgIpc) is 3.95. The molecule has 0 unspecified atom stereocenters. The van der Waals surface area contributed by atoms with Crippen LogP contribution in [-0.4, -0.2) is 19.9 Å². The van der Waals surface area contributed by atoms with Crippen LogP contribution in [0.4, 0.5) is 0 Å². The van der Waals surface area contributed by atoms with E-state index in [-0.39, 0.29) is 0 Å². The SMILES string of the molecule is C1=Cc2oc(-c3ccc(-c4nc(-c5ccc(-c6nc7ccccc7s6)cc5)cc(-c5ccc(-c6nc7ccccc7s6)cc5)n4)cc3)cc2CC1. The number of fused-ring (bicyclic) bond motifs is 3. The van der Waals surface area contributed by atoms with Crippen molar-refractivity contribution >= 4 is 49.2 Å². The van der Waals surface area contributed by atoms with E-state index < -0.39 is 0 Å². The Bertz CT molecular complexity index is 2540. The van der Waals surface area contributed by atoms with Crippen molar-refractivity contribution in [2.24, 2.45) is 0 Å². The number of benzene rings is 5. The monoisotopic (exact) mass is 692 g/mol. The lowest BCUT2D eigenvalue weighted by molar-refractivity contribution is 0.565. The Morgan fingerprint density at radius 1 is 0.490 bits per heavy atom. The van der Waals surface area contributed by atoms with E-state index in [0.717, 1.165) is 90.2 Å². The molecule has 0 amide bonds. The first-order valence-electron chi connectivity index (χ1n) is 16.9. The second-order valence-corrected chi connectivity index (χ2v) is 14.7. The third kappa shape index (κ3) is 5.66. The van der Waals surface area contributed by atoms with Crippen molar-refractivity contribution in [1.29, 1.82) is 0 Å². The predicted octanol–water partition coefficient (Wildman–Crippen LogP) is 12.3. The molecule has 0 bridgehead atoms. The molecule has 7 heteroatoms. The Labute approximate surface area is 302 Å². The first kappa shape index (κ1) is 29.9. The van der Waals surface area contributed by atoms with Crippen LogP contribution in [0.3, 0.4) is 0 Å². The van der Waals surface area contributed by atoms with Gasteiger partial charge in [0.05, 0.1) is 31.8 Å². The molecule has 5 nitrogen and oxygen atoms in total. The van der Waals surface area contributed by atoms with Gasteiger partial charge in [-0.1, -0.05) is 103 Å². The van der Waals surface area contributed by atoms with Gasteiger partial charge < -0.3 is 4.42 Å². The molecular formula is C44H28N4OS2. The summed E-state index contributed by atoms with van der Waals surface area (Å²) in [5.41, 5.74) is 11.2. The van der Waals surface area contributed by atoms with E-state index in [9.17, 15) is 0 Å². The largest absolute Gasteiger partial charge is 0.456 e. The van der Waals surface area contributed by atoms with Crippen molar-refractivity contribution in [1.82, 2.24) is 19.9 Å². The summed E-state index contributed by atoms with van der Waals surface area (Å²) >= 11 is 3.42. The van der Waals surface area contributed by atoms with Gasteiger partial charge in [-0.15, -0.1) is 22.7 Å². The van der Waals surface area contributed by atoms with Gasteiger partial charge in [-0.3, -0.25) is 0 Å². The number of rotatable bonds is 6. The van der Waals surface area contributed by atoms with E-state index in [0.29, 0.717) is 5.82 Å². The van der Waals surface area contributed by atoms with E-state index in [2.05, 4.69) is 133 Å². The van der Waals surface area contributed by atoms with Crippen LogP contribution in [0.2, 0.25) is 0 Å². The summed E-state index contributed by atoms with van der Waals surface area (Å²) in [7, 11) is 0. The van der Waals surface area contributed by atoms with E-state index in [1.54, 1.807) is 22.7 Å². The molecule has 1 aliphatic carbocycles. The highest BCUT2D eigenvalue weighted by Crippen LogP contribution is 2.36. The minimum Gasteiger partial charge on any atom is -0.456 e. The number of furan rings is 1. The molecule has 1 aliphatic rings. The molecule has 51 heavy (non-hydrogen) atoms. The topological polar surface area (TPSA) is 64.7 Å². The van der Waals surface area contributed by atoms with Gasteiger partial charge in [0.25, 0.3) is 0 Å². The summed E-state index contributed by atoms with van der Waals surface area (Å²) in [5, 5.41) is 2.02. The number of hydrogen-bond acceptors (Lipinski definition) is 7. The minimum atomic E-state index is 0.668. The number of allylic oxidation sites excluding steroid dienone is 1. The van der Waals surface area contributed by atoms with Crippen molar-refractivity contribution in [3.63, 3.8) is 0 Å². The highest BCUT2D eigenvalue weighted by Gasteiger charge is 2.16. The number of aromatic nitrogens is 4. The van der Waals surface area contributed by atoms with Crippen LogP contribution in [0, 0.1) is 0 Å². The van der Waals surface area contributed by atoms with Gasteiger partial charge in [-0.25, -0.2) is 19.9 Å². The summed E-state index contributed by atoms with van der Waals surface area (Å²) in [4.78, 5) is 20.0. The zero-order valence-corrected chi connectivity index (χ0v) is 28.9. The molecule has 0 spiro atoms. The molecule has 10 rings (SSSR count). The summed E-state index contributed by atoms with van der Waals surface area (Å²) in [6.07, 6.45) is 6.31. The van der Waals surface area contributed by atoms with Crippen molar-refractivity contribution in [2.45, 2.75) is 12.8 Å². The second-order valence-electron chi connectivity index (χ2n) is 12.6. The summed E-state index contributed by atoms with van der Waals surface area (Å²) in [6.45, 7) is 0. The molecule has 0 fully saturated rings. The van der Waals surface area contributed by atoms with Gasteiger partial charge in [0.2, 0.25) is 0 Å². The van der Waals surface area contributed by atoms with Crippen LogP contribution in [0.15, 0.2) is 144 Å². The summed E-state index contributed by atoms with van der Waals surface area (Å²) in [6, 6.07) is 46.2. The number of nitrogens with zero attached hydrogens (tertiary/aromatic N) is 4. The number of para-hydroxylation sites is 2. The molecule has 4 aromatic heterocycles. The Kier molecular flexibility index (Phi) is 7.25. The van der Waals surface area contributed by atoms with Gasteiger partial charge >= 0.3 is 0 Å². The van der Waals surface area contributed by atoms with Crippen molar-refractivity contribution in [2.75, 3.05) is 0 Å². The van der Waals surface area contributed by atoms with Crippen LogP contribution in [0.1, 0.15) is 17.7 Å². The molecule has 4 heterocycles. The lowest BCUT2D eigenvalue weighted by Gasteiger charge is -2.10. The van der Waals surface area contributed by atoms with Gasteiger partial charge in [0.15, 0.2) is 5.82 Å². The fourth-order valence-electron chi connectivity index (χ4n) is 6.56. The van der Waals surface area contributed by atoms with Crippen molar-refractivity contribution in [3.05, 3.63) is 151 Å². The lowest BCUT2D eigenvalue weighted by atomic mass is 10.0. The van der Waals surface area contributed by atoms with E-state index >= 15 is 0 Å². The molecule has 0 radical (unpaired) electrons. The minimum absolute atomic E-state index is 0.668. The fourth-order valence-corrected chi connectivity index (χ4v) is 8.51. The maximum Gasteiger partial charge on any atom is 0.160 e. The number of thiazole rings is 2. The lowest BCUT2D eigenvalue weighted by Crippen LogP contribution is -1.96. The Morgan fingerprint density at radius 2 is 1.00 bits per heavy atom. The zero-order chi connectivity index (χ0) is 33.7. The molecule has 5 aromatic carbocycles. The fraction of sp³-hybridized carbons (Fsp3) is 0.0455. The smallest absolute Gasteiger partial charge is 0.160 e. The maximum absolute atomic E-state index is 6.18. The Balaban J connectivity index is 1.02. The Morgan fingerprint density at radius 3 is 1.55 bits per heavy atom. The standard InChI is InChI=1S/C44H28N4OS2/c1-4-10-38-33(7-1)25-39(49-38)29-17-19-30(20-18-29)42-45-36(27-13-21-31(22-14-27)43-47-34-8-2-5-11-40(34)50-43)26-37(46-42)28-15-23-32(24-16-28)44-48-35-9-3-6-12-41(35)51-44/h2-6,8-26H,1,7H2. The summed E-state index contributed by atoms with van der Waals surface area (Å²) in [5.74, 6) is 2.51. The maximum atomic E-state index is 6.18. The zero-order valence-electron chi connectivity index (χ0n) is 27.3. The van der Waals surface area contributed by atoms with Gasteiger partial charge in [0, 0.05) is 33.4 Å². The highest BCUT2D eigenvalue weighted by atomic mass is 32.1. The van der Waals surface area contributed by atoms with Crippen LogP contribution < -0.4 is 0 Å². The van der Waals surface area contributed by atoms with E-state index in [1.165, 1.54) is 15.0 Å². The van der Waals surface area contributed by atoms with Gasteiger partial charge in [-0.2, -0.15) is 0 Å². The first-order valence-corrected chi connectivity index (χ1v) is 18.6. The molecular weight excluding hydrogens is 665 g/mol. The van der Waals surface area contributed by atoms with Crippen molar-refractivity contribution in [3.8, 4) is 66.4 Å². The number of hydrogen-bond donors (Lipinski definition) is 0. The normalized spacial score (nSPS) is 12.5. The predicted molar refractivity (Wildman–Crippen MR) is 211 cm³/mol. The molecule has 242 valence electrons. The quantitative estimate of drug-likeness (QED) is 0.174. The van der Waals surface area contributed by atoms with Crippen LogP contribution >= 0.6 is 22.7 Å².